The van der Waals surface area contributed by atoms with Gasteiger partial charge in [-0.3, -0.25) is 0 Å². The Morgan fingerprint density at radius 2 is 2.37 bits per heavy atom. The van der Waals surface area contributed by atoms with Crippen molar-refractivity contribution in [3.05, 3.63) is 17.3 Å². The Balaban J connectivity index is 1.78. The number of aromatic nitrogens is 2. The maximum absolute atomic E-state index is 5.19. The van der Waals surface area contributed by atoms with Crippen LogP contribution in [-0.4, -0.2) is 35.0 Å². The molecule has 3 heterocycles. The maximum Gasteiger partial charge on any atom is 0.142 e. The monoisotopic (exact) mass is 295 g/mol. The summed E-state index contributed by atoms with van der Waals surface area (Å²) in [6, 6.07) is 2.09. The Morgan fingerprint density at radius 1 is 1.47 bits per heavy atom. The molecule has 1 N–H and O–H groups in total. The van der Waals surface area contributed by atoms with Crippen molar-refractivity contribution in [2.75, 3.05) is 25.1 Å². The largest absolute Gasteiger partial charge is 0.379 e. The lowest BCUT2D eigenvalue weighted by atomic mass is 10.3. The lowest BCUT2D eigenvalue weighted by Crippen LogP contribution is -2.30. The van der Waals surface area contributed by atoms with E-state index in [0.29, 0.717) is 5.25 Å². The molecule has 0 spiro atoms. The summed E-state index contributed by atoms with van der Waals surface area (Å²) in [4.78, 5) is 10.4. The van der Waals surface area contributed by atoms with Gasteiger partial charge in [-0.25, -0.2) is 9.97 Å². The molecule has 1 fully saturated rings. The summed E-state index contributed by atoms with van der Waals surface area (Å²) in [5, 5.41) is 7.24. The van der Waals surface area contributed by atoms with Crippen molar-refractivity contribution < 1.29 is 4.74 Å². The minimum atomic E-state index is 0.620. The third-order valence-corrected chi connectivity index (χ3v) is 4.94. The molecule has 3 rings (SSSR count). The molecule has 1 aliphatic rings. The average molecular weight is 295 g/mol. The van der Waals surface area contributed by atoms with Gasteiger partial charge < -0.3 is 10.1 Å². The van der Waals surface area contributed by atoms with E-state index in [2.05, 4.69) is 33.7 Å². The Labute approximate surface area is 121 Å². The smallest absolute Gasteiger partial charge is 0.142 e. The highest BCUT2D eigenvalue weighted by molar-refractivity contribution is 7.99. The van der Waals surface area contributed by atoms with Gasteiger partial charge in [-0.05, 0) is 17.9 Å². The van der Waals surface area contributed by atoms with Crippen molar-refractivity contribution in [2.45, 2.75) is 24.3 Å². The number of thiophene rings is 1. The van der Waals surface area contributed by atoms with Crippen LogP contribution in [0.25, 0.3) is 10.2 Å². The number of nitrogens with one attached hydrogen (secondary N) is 1. The molecule has 0 aliphatic carbocycles. The van der Waals surface area contributed by atoms with E-state index in [1.807, 2.05) is 11.8 Å². The number of hydrogen-bond acceptors (Lipinski definition) is 6. The molecule has 0 bridgehead atoms. The predicted octanol–water partition coefficient (Wildman–Crippen LogP) is 3.15. The van der Waals surface area contributed by atoms with Crippen molar-refractivity contribution in [1.82, 2.24) is 9.97 Å². The topological polar surface area (TPSA) is 47.0 Å². The zero-order valence-corrected chi connectivity index (χ0v) is 12.5. The second-order valence-electron chi connectivity index (χ2n) is 4.53. The molecule has 0 unspecified atom stereocenters. The van der Waals surface area contributed by atoms with Gasteiger partial charge in [0.15, 0.2) is 0 Å². The molecule has 102 valence electrons. The highest BCUT2D eigenvalue weighted by Gasteiger charge is 2.19. The van der Waals surface area contributed by atoms with Crippen LogP contribution in [-0.2, 0) is 10.5 Å². The molecule has 0 amide bonds. The SMILES string of the molecule is CCCNc1nc(CSC2COC2)nc2sccc12. The number of nitrogens with zero attached hydrogens (tertiary/aromatic N) is 2. The molecule has 0 radical (unpaired) electrons. The van der Waals surface area contributed by atoms with Crippen molar-refractivity contribution in [2.24, 2.45) is 0 Å². The summed E-state index contributed by atoms with van der Waals surface area (Å²) in [5.41, 5.74) is 0. The van der Waals surface area contributed by atoms with E-state index in [-0.39, 0.29) is 0 Å². The zero-order valence-electron chi connectivity index (χ0n) is 10.9. The number of anilines is 1. The van der Waals surface area contributed by atoms with Crippen LogP contribution in [0.1, 0.15) is 19.2 Å². The second kappa shape index (κ2) is 6.07. The van der Waals surface area contributed by atoms with E-state index >= 15 is 0 Å². The Morgan fingerprint density at radius 3 is 3.11 bits per heavy atom. The quantitative estimate of drug-likeness (QED) is 0.887. The minimum Gasteiger partial charge on any atom is -0.379 e. The first-order valence-electron chi connectivity index (χ1n) is 6.54. The molecular formula is C13H17N3OS2. The van der Waals surface area contributed by atoms with Crippen LogP contribution in [0.5, 0.6) is 0 Å². The van der Waals surface area contributed by atoms with Gasteiger partial charge in [-0.1, -0.05) is 6.92 Å². The molecule has 1 saturated heterocycles. The highest BCUT2D eigenvalue weighted by Crippen LogP contribution is 2.28. The number of ether oxygens (including phenoxy) is 1. The molecule has 4 nitrogen and oxygen atoms in total. The van der Waals surface area contributed by atoms with E-state index in [4.69, 9.17) is 4.74 Å². The summed E-state index contributed by atoms with van der Waals surface area (Å²) in [5.74, 6) is 2.77. The molecule has 1 aliphatic heterocycles. The van der Waals surface area contributed by atoms with Gasteiger partial charge in [0.1, 0.15) is 16.5 Å². The highest BCUT2D eigenvalue weighted by atomic mass is 32.2. The van der Waals surface area contributed by atoms with Gasteiger partial charge in [0.05, 0.1) is 29.6 Å². The van der Waals surface area contributed by atoms with Gasteiger partial charge >= 0.3 is 0 Å². The molecule has 2 aromatic rings. The van der Waals surface area contributed by atoms with Crippen LogP contribution < -0.4 is 5.32 Å². The van der Waals surface area contributed by atoms with Gasteiger partial charge in [-0.15, -0.1) is 23.1 Å². The maximum atomic E-state index is 5.19. The fraction of sp³-hybridized carbons (Fsp3) is 0.538. The molecule has 0 saturated carbocycles. The Bertz CT molecular complexity index is 554. The van der Waals surface area contributed by atoms with Crippen LogP contribution in [0.4, 0.5) is 5.82 Å². The lowest BCUT2D eigenvalue weighted by Gasteiger charge is -2.24. The molecule has 6 heteroatoms. The minimum absolute atomic E-state index is 0.620. The predicted molar refractivity (Wildman–Crippen MR) is 82.1 cm³/mol. The number of rotatable bonds is 6. The van der Waals surface area contributed by atoms with Crippen LogP contribution in [0, 0.1) is 0 Å². The average Bonchev–Trinajstić information content (AvgIpc) is 2.82. The van der Waals surface area contributed by atoms with Crippen molar-refractivity contribution >= 4 is 39.1 Å². The fourth-order valence-electron chi connectivity index (χ4n) is 1.84. The Kier molecular flexibility index (Phi) is 4.20. The standard InChI is InChI=1S/C13H17N3OS2/c1-2-4-14-12-10-3-5-18-13(10)16-11(15-12)8-19-9-6-17-7-9/h3,5,9H,2,4,6-8H2,1H3,(H,14,15,16). The second-order valence-corrected chi connectivity index (χ2v) is 6.71. The van der Waals surface area contributed by atoms with E-state index in [1.54, 1.807) is 11.3 Å². The molecule has 2 aromatic heterocycles. The first kappa shape index (κ1) is 13.1. The van der Waals surface area contributed by atoms with E-state index in [0.717, 1.165) is 53.8 Å². The van der Waals surface area contributed by atoms with Gasteiger partial charge in [-0.2, -0.15) is 0 Å². The third kappa shape index (κ3) is 3.01. The van der Waals surface area contributed by atoms with Gasteiger partial charge in [0.25, 0.3) is 0 Å². The van der Waals surface area contributed by atoms with Crippen molar-refractivity contribution in [1.29, 1.82) is 0 Å². The van der Waals surface area contributed by atoms with Crippen molar-refractivity contribution in [3.63, 3.8) is 0 Å². The zero-order chi connectivity index (χ0) is 13.1. The first-order chi connectivity index (χ1) is 9.36. The van der Waals surface area contributed by atoms with Crippen LogP contribution in [0.3, 0.4) is 0 Å². The normalized spacial score (nSPS) is 15.6. The summed E-state index contributed by atoms with van der Waals surface area (Å²) >= 11 is 3.56. The van der Waals surface area contributed by atoms with Crippen LogP contribution in [0.15, 0.2) is 11.4 Å². The van der Waals surface area contributed by atoms with Gasteiger partial charge in [0, 0.05) is 6.54 Å². The molecular weight excluding hydrogens is 278 g/mol. The van der Waals surface area contributed by atoms with E-state index in [9.17, 15) is 0 Å². The summed E-state index contributed by atoms with van der Waals surface area (Å²) < 4.78 is 5.19. The first-order valence-corrected chi connectivity index (χ1v) is 8.47. The number of fused-ring (bicyclic) bond motifs is 1. The number of thioether (sulfide) groups is 1. The Hall–Kier alpha value is -0.850. The van der Waals surface area contributed by atoms with Crippen LogP contribution in [0.2, 0.25) is 0 Å². The summed E-state index contributed by atoms with van der Waals surface area (Å²) in [6.07, 6.45) is 1.10. The lowest BCUT2D eigenvalue weighted by molar-refractivity contribution is 0.0455. The molecule has 0 aromatic carbocycles. The summed E-state index contributed by atoms with van der Waals surface area (Å²) in [7, 11) is 0. The molecule has 0 atom stereocenters. The molecule has 19 heavy (non-hydrogen) atoms. The van der Waals surface area contributed by atoms with Gasteiger partial charge in [0.2, 0.25) is 0 Å². The van der Waals surface area contributed by atoms with Crippen molar-refractivity contribution in [3.8, 4) is 0 Å². The summed E-state index contributed by atoms with van der Waals surface area (Å²) in [6.45, 7) is 4.84. The van der Waals surface area contributed by atoms with E-state index < -0.39 is 0 Å². The van der Waals surface area contributed by atoms with E-state index in [1.165, 1.54) is 0 Å². The number of hydrogen-bond donors (Lipinski definition) is 1. The third-order valence-electron chi connectivity index (χ3n) is 2.97. The fourth-order valence-corrected chi connectivity index (χ4v) is 3.53. The van der Waals surface area contributed by atoms with Crippen LogP contribution >= 0.6 is 23.1 Å².